The third-order valence-corrected chi connectivity index (χ3v) is 6.99. The molecule has 0 radical (unpaired) electrons. The van der Waals surface area contributed by atoms with Crippen LogP contribution in [0.25, 0.3) is 0 Å². The number of amides is 4. The smallest absolute Gasteiger partial charge is 0.321 e. The number of nitrogens with zero attached hydrogens (tertiary/aromatic N) is 1. The monoisotopic (exact) mass is 448 g/mol. The number of carbonyl (C=O) groups excluding carboxylic acids is 3. The number of nitrogens with one attached hydrogen (secondary N) is 3. The number of piperidine rings is 2. The van der Waals surface area contributed by atoms with Gasteiger partial charge in [-0.25, -0.2) is 4.79 Å². The molecule has 4 atom stereocenters. The molecule has 0 bridgehead atoms. The van der Waals surface area contributed by atoms with Crippen molar-refractivity contribution in [1.82, 2.24) is 20.9 Å². The van der Waals surface area contributed by atoms with Gasteiger partial charge in [0, 0.05) is 37.8 Å². The maximum absolute atomic E-state index is 13.3. The van der Waals surface area contributed by atoms with Crippen LogP contribution in [0.2, 0.25) is 0 Å². The first kappa shape index (κ1) is 23.0. The molecule has 174 valence electrons. The molecule has 2 aromatic carbocycles. The Kier molecular flexibility index (Phi) is 6.79. The number of urea groups is 1. The van der Waals surface area contributed by atoms with Crippen LogP contribution >= 0.6 is 0 Å². The highest BCUT2D eigenvalue weighted by Gasteiger charge is 2.43. The van der Waals surface area contributed by atoms with Crippen molar-refractivity contribution in [3.8, 4) is 0 Å². The third kappa shape index (κ3) is 5.09. The largest absolute Gasteiger partial charge is 0.342 e. The summed E-state index contributed by atoms with van der Waals surface area (Å²) in [5.41, 5.74) is 3.16. The lowest BCUT2D eigenvalue weighted by atomic mass is 9.75. The molecule has 4 rings (SSSR count). The summed E-state index contributed by atoms with van der Waals surface area (Å²) in [6.45, 7) is 5.34. The molecule has 33 heavy (non-hydrogen) atoms. The fourth-order valence-corrected chi connectivity index (χ4v) is 5.07. The number of hydrogen-bond acceptors (Lipinski definition) is 4. The van der Waals surface area contributed by atoms with Gasteiger partial charge in [-0.3, -0.25) is 14.9 Å². The van der Waals surface area contributed by atoms with E-state index in [-0.39, 0.29) is 17.9 Å². The van der Waals surface area contributed by atoms with Crippen LogP contribution in [0.4, 0.5) is 4.79 Å². The Bertz CT molecular complexity index is 1040. The quantitative estimate of drug-likeness (QED) is 0.671. The summed E-state index contributed by atoms with van der Waals surface area (Å²) in [6.07, 6.45) is 1.72. The van der Waals surface area contributed by atoms with Crippen molar-refractivity contribution < 1.29 is 14.4 Å². The van der Waals surface area contributed by atoms with Gasteiger partial charge in [0.15, 0.2) is 0 Å². The maximum Gasteiger partial charge on any atom is 0.321 e. The number of likely N-dealkylation sites (N-methyl/N-ethyl adjacent to an activating group) is 1. The summed E-state index contributed by atoms with van der Waals surface area (Å²) in [7, 11) is 1.90. The Hall–Kier alpha value is -3.19. The number of rotatable bonds is 4. The second-order valence-electron chi connectivity index (χ2n) is 9.30. The van der Waals surface area contributed by atoms with Crippen molar-refractivity contribution in [2.75, 3.05) is 13.6 Å². The van der Waals surface area contributed by atoms with Crippen LogP contribution in [0.5, 0.6) is 0 Å². The van der Waals surface area contributed by atoms with Crippen molar-refractivity contribution in [2.45, 2.75) is 51.2 Å². The molecule has 7 heteroatoms. The van der Waals surface area contributed by atoms with Crippen molar-refractivity contribution in [3.05, 3.63) is 70.8 Å². The van der Waals surface area contributed by atoms with Gasteiger partial charge in [-0.15, -0.1) is 0 Å². The molecule has 0 saturated carbocycles. The van der Waals surface area contributed by atoms with Gasteiger partial charge in [-0.1, -0.05) is 36.4 Å². The molecule has 2 heterocycles. The first-order valence-corrected chi connectivity index (χ1v) is 11.6. The van der Waals surface area contributed by atoms with Crippen molar-refractivity contribution in [3.63, 3.8) is 0 Å². The summed E-state index contributed by atoms with van der Waals surface area (Å²) in [6, 6.07) is 14.9. The van der Waals surface area contributed by atoms with Gasteiger partial charge in [0.25, 0.3) is 5.91 Å². The number of imide groups is 1. The highest BCUT2D eigenvalue weighted by molar-refractivity contribution is 6.04. The van der Waals surface area contributed by atoms with E-state index in [2.05, 4.69) is 22.9 Å². The zero-order valence-corrected chi connectivity index (χ0v) is 19.4. The van der Waals surface area contributed by atoms with Crippen LogP contribution in [0.1, 0.15) is 52.7 Å². The van der Waals surface area contributed by atoms with E-state index in [1.165, 1.54) is 0 Å². The molecule has 4 amide bonds. The topological polar surface area (TPSA) is 90.5 Å². The molecule has 2 aliphatic heterocycles. The number of hydrogen-bond donors (Lipinski definition) is 3. The maximum atomic E-state index is 13.3. The van der Waals surface area contributed by atoms with E-state index < -0.39 is 11.9 Å². The summed E-state index contributed by atoms with van der Waals surface area (Å²) in [5, 5.41) is 8.62. The Labute approximate surface area is 194 Å². The molecule has 4 unspecified atom stereocenters. The minimum Gasteiger partial charge on any atom is -0.342 e. The first-order chi connectivity index (χ1) is 15.8. The van der Waals surface area contributed by atoms with Gasteiger partial charge in [-0.05, 0) is 61.4 Å². The highest BCUT2D eigenvalue weighted by Crippen LogP contribution is 2.38. The lowest BCUT2D eigenvalue weighted by molar-refractivity contribution is -0.140. The number of carbonyl (C=O) groups is 3. The Morgan fingerprint density at radius 1 is 1.12 bits per heavy atom. The minimum atomic E-state index is -0.551. The van der Waals surface area contributed by atoms with E-state index in [1.807, 2.05) is 55.3 Å². The Morgan fingerprint density at radius 2 is 1.88 bits per heavy atom. The fraction of sp³-hybridized carbons (Fsp3) is 0.423. The van der Waals surface area contributed by atoms with Gasteiger partial charge >= 0.3 is 6.03 Å². The highest BCUT2D eigenvalue weighted by atomic mass is 16.2. The van der Waals surface area contributed by atoms with Gasteiger partial charge in [0.05, 0.1) is 5.92 Å². The number of aryl methyl sites for hydroxylation is 1. The zero-order chi connectivity index (χ0) is 23.5. The van der Waals surface area contributed by atoms with Crippen LogP contribution in [0.3, 0.4) is 0 Å². The van der Waals surface area contributed by atoms with Crippen LogP contribution in [0.15, 0.2) is 48.5 Å². The van der Waals surface area contributed by atoms with Gasteiger partial charge in [-0.2, -0.15) is 0 Å². The van der Waals surface area contributed by atoms with E-state index in [0.717, 1.165) is 36.1 Å². The van der Waals surface area contributed by atoms with Crippen LogP contribution < -0.4 is 16.0 Å². The van der Waals surface area contributed by atoms with Crippen molar-refractivity contribution >= 4 is 17.8 Å². The van der Waals surface area contributed by atoms with Crippen molar-refractivity contribution in [2.24, 2.45) is 5.92 Å². The van der Waals surface area contributed by atoms with Gasteiger partial charge in [0.2, 0.25) is 5.91 Å². The summed E-state index contributed by atoms with van der Waals surface area (Å²) < 4.78 is 0. The zero-order valence-electron chi connectivity index (χ0n) is 19.4. The summed E-state index contributed by atoms with van der Waals surface area (Å²) in [5.74, 6) is -0.281. The molecular formula is C26H32N4O3. The molecule has 0 aliphatic carbocycles. The normalized spacial score (nSPS) is 24.7. The minimum absolute atomic E-state index is 0.103. The number of benzene rings is 2. The standard InChI is InChI=1S/C26H32N4O3/c1-16-9-10-19(24(31)29-26(33)28-14-18-7-5-4-6-8-18)12-21(16)22-13-20-15-27-17(2)11-23(20)30(3)25(22)32/h4-10,12,17,20,22-23,27H,11,13-15H2,1-3H3,(H2,28,29,31,33). The van der Waals surface area contributed by atoms with Crippen LogP contribution in [-0.4, -0.2) is 48.4 Å². The molecule has 0 spiro atoms. The molecule has 2 fully saturated rings. The predicted molar refractivity (Wildman–Crippen MR) is 127 cm³/mol. The Balaban J connectivity index is 1.45. The molecule has 0 aromatic heterocycles. The van der Waals surface area contributed by atoms with Gasteiger partial charge in [0.1, 0.15) is 0 Å². The summed E-state index contributed by atoms with van der Waals surface area (Å²) >= 11 is 0. The lowest BCUT2D eigenvalue weighted by Crippen LogP contribution is -2.57. The van der Waals surface area contributed by atoms with E-state index in [0.29, 0.717) is 24.1 Å². The second kappa shape index (κ2) is 9.75. The number of fused-ring (bicyclic) bond motifs is 1. The van der Waals surface area contributed by atoms with Crippen molar-refractivity contribution in [1.29, 1.82) is 0 Å². The molecule has 2 aromatic rings. The fourth-order valence-electron chi connectivity index (χ4n) is 5.07. The van der Waals surface area contributed by atoms with E-state index in [9.17, 15) is 14.4 Å². The van der Waals surface area contributed by atoms with Crippen LogP contribution in [0, 0.1) is 12.8 Å². The molecule has 2 aliphatic rings. The second-order valence-corrected chi connectivity index (χ2v) is 9.30. The van der Waals surface area contributed by atoms with Gasteiger partial charge < -0.3 is 15.5 Å². The number of likely N-dealkylation sites (tertiary alicyclic amines) is 1. The molecule has 2 saturated heterocycles. The predicted octanol–water partition coefficient (Wildman–Crippen LogP) is 2.95. The molecular weight excluding hydrogens is 416 g/mol. The van der Waals surface area contributed by atoms with E-state index in [1.54, 1.807) is 12.1 Å². The van der Waals surface area contributed by atoms with Crippen LogP contribution in [-0.2, 0) is 11.3 Å². The first-order valence-electron chi connectivity index (χ1n) is 11.6. The Morgan fingerprint density at radius 3 is 2.64 bits per heavy atom. The summed E-state index contributed by atoms with van der Waals surface area (Å²) in [4.78, 5) is 40.1. The van der Waals surface area contributed by atoms with E-state index in [4.69, 9.17) is 0 Å². The third-order valence-electron chi connectivity index (χ3n) is 6.99. The average Bonchev–Trinajstić information content (AvgIpc) is 2.81. The lowest BCUT2D eigenvalue weighted by Gasteiger charge is -2.47. The average molecular weight is 449 g/mol. The van der Waals surface area contributed by atoms with E-state index >= 15 is 0 Å². The molecule has 3 N–H and O–H groups in total. The molecule has 7 nitrogen and oxygen atoms in total. The SMILES string of the molecule is Cc1ccc(C(=O)NC(=O)NCc2ccccc2)cc1C1CC2CNC(C)CC2N(C)C1=O.